The van der Waals surface area contributed by atoms with Crippen LogP contribution >= 0.6 is 11.3 Å². The number of primary amides is 1. The Hall–Kier alpha value is -1.40. The summed E-state index contributed by atoms with van der Waals surface area (Å²) in [5, 5.41) is 0. The van der Waals surface area contributed by atoms with Crippen LogP contribution in [0.15, 0.2) is 12.1 Å². The lowest BCUT2D eigenvalue weighted by Crippen LogP contribution is -2.40. The van der Waals surface area contributed by atoms with Crippen LogP contribution < -0.4 is 5.73 Å². The Bertz CT molecular complexity index is 559. The van der Waals surface area contributed by atoms with Gasteiger partial charge in [0.1, 0.15) is 0 Å². The van der Waals surface area contributed by atoms with E-state index in [-0.39, 0.29) is 23.1 Å². The second-order valence-corrected chi connectivity index (χ2v) is 6.96. The number of hydrogen-bond donors (Lipinski definition) is 1. The first-order chi connectivity index (χ1) is 10.0. The Morgan fingerprint density at radius 3 is 2.57 bits per heavy atom. The van der Waals surface area contributed by atoms with Gasteiger partial charge in [0.2, 0.25) is 5.91 Å². The van der Waals surface area contributed by atoms with Crippen molar-refractivity contribution >= 4 is 23.2 Å². The van der Waals surface area contributed by atoms with Gasteiger partial charge in [0.25, 0.3) is 5.91 Å². The van der Waals surface area contributed by atoms with E-state index >= 15 is 0 Å². The number of carbonyl (C=O) groups is 2. The number of morpholine rings is 1. The highest BCUT2D eigenvalue weighted by Crippen LogP contribution is 2.56. The summed E-state index contributed by atoms with van der Waals surface area (Å²) in [5.41, 5.74) is 5.15. The fraction of sp³-hybridized carbons (Fsp3) is 0.600. The molecule has 1 atom stereocenters. The van der Waals surface area contributed by atoms with Gasteiger partial charge in [-0.3, -0.25) is 9.59 Å². The lowest BCUT2D eigenvalue weighted by atomic mass is 9.89. The molecule has 2 fully saturated rings. The molecule has 1 saturated heterocycles. The molecule has 1 aromatic rings. The van der Waals surface area contributed by atoms with E-state index < -0.39 is 0 Å². The summed E-state index contributed by atoms with van der Waals surface area (Å²) in [6.45, 7) is 4.53. The fourth-order valence-electron chi connectivity index (χ4n) is 2.92. The van der Waals surface area contributed by atoms with Crippen LogP contribution in [0.4, 0.5) is 0 Å². The molecule has 1 saturated carbocycles. The standard InChI is InChI=1S/C15H20N2O3S/c1-10(15(4-5-15)14(16)19)11-2-3-12(21-11)13(18)17-6-8-20-9-7-17/h2-3,10H,4-9H2,1H3,(H2,16,19)/t10-/m0/s1. The van der Waals surface area contributed by atoms with Crippen molar-refractivity contribution in [3.05, 3.63) is 21.9 Å². The third-order valence-corrected chi connectivity index (χ3v) is 5.93. The van der Waals surface area contributed by atoms with E-state index in [1.165, 1.54) is 11.3 Å². The molecule has 5 nitrogen and oxygen atoms in total. The van der Waals surface area contributed by atoms with E-state index in [0.717, 1.165) is 22.6 Å². The monoisotopic (exact) mass is 308 g/mol. The van der Waals surface area contributed by atoms with Crippen molar-refractivity contribution < 1.29 is 14.3 Å². The number of nitrogens with zero attached hydrogens (tertiary/aromatic N) is 1. The van der Waals surface area contributed by atoms with Crippen molar-refractivity contribution in [3.8, 4) is 0 Å². The van der Waals surface area contributed by atoms with Gasteiger partial charge in [0, 0.05) is 23.9 Å². The number of ether oxygens (including phenoxy) is 1. The normalized spacial score (nSPS) is 21.9. The maximum Gasteiger partial charge on any atom is 0.264 e. The summed E-state index contributed by atoms with van der Waals surface area (Å²) in [6, 6.07) is 3.83. The molecule has 0 spiro atoms. The molecule has 6 heteroatoms. The SMILES string of the molecule is C[C@@H](c1ccc(C(=O)N2CCOCC2)s1)C1(C(N)=O)CC1. The van der Waals surface area contributed by atoms with Crippen LogP contribution in [0.25, 0.3) is 0 Å². The molecule has 1 aliphatic heterocycles. The van der Waals surface area contributed by atoms with Crippen LogP contribution in [0.5, 0.6) is 0 Å². The van der Waals surface area contributed by atoms with Crippen LogP contribution in [0.1, 0.15) is 40.2 Å². The molecule has 1 aliphatic carbocycles. The van der Waals surface area contributed by atoms with Crippen LogP contribution in [0.2, 0.25) is 0 Å². The number of thiophene rings is 1. The Morgan fingerprint density at radius 1 is 1.33 bits per heavy atom. The van der Waals surface area contributed by atoms with Crippen LogP contribution in [0, 0.1) is 5.41 Å². The molecule has 0 aromatic carbocycles. The maximum absolute atomic E-state index is 12.4. The van der Waals surface area contributed by atoms with Crippen molar-refractivity contribution in [3.63, 3.8) is 0 Å². The molecular weight excluding hydrogens is 288 g/mol. The molecule has 0 unspecified atom stereocenters. The summed E-state index contributed by atoms with van der Waals surface area (Å²) >= 11 is 1.49. The number of hydrogen-bond acceptors (Lipinski definition) is 4. The predicted octanol–water partition coefficient (Wildman–Crippen LogP) is 1.59. The predicted molar refractivity (Wildman–Crippen MR) is 80.3 cm³/mol. The summed E-state index contributed by atoms with van der Waals surface area (Å²) in [6.07, 6.45) is 1.71. The zero-order chi connectivity index (χ0) is 15.0. The van der Waals surface area contributed by atoms with E-state index in [9.17, 15) is 9.59 Å². The molecular formula is C15H20N2O3S. The van der Waals surface area contributed by atoms with Gasteiger partial charge in [-0.15, -0.1) is 11.3 Å². The Labute approximate surface area is 128 Å². The van der Waals surface area contributed by atoms with Crippen molar-refractivity contribution in [2.24, 2.45) is 11.1 Å². The molecule has 2 heterocycles. The average Bonchev–Trinajstić information content (AvgIpc) is 3.18. The molecule has 1 aromatic heterocycles. The molecule has 0 bridgehead atoms. The maximum atomic E-state index is 12.4. The highest BCUT2D eigenvalue weighted by atomic mass is 32.1. The van der Waals surface area contributed by atoms with E-state index in [1.807, 2.05) is 24.0 Å². The van der Waals surface area contributed by atoms with Gasteiger partial charge in [-0.1, -0.05) is 6.92 Å². The summed E-state index contributed by atoms with van der Waals surface area (Å²) in [7, 11) is 0. The van der Waals surface area contributed by atoms with E-state index in [4.69, 9.17) is 10.5 Å². The van der Waals surface area contributed by atoms with Gasteiger partial charge in [-0.05, 0) is 25.0 Å². The molecule has 2 amide bonds. The fourth-order valence-corrected chi connectivity index (χ4v) is 4.07. The molecule has 114 valence electrons. The Morgan fingerprint density at radius 2 is 2.00 bits per heavy atom. The van der Waals surface area contributed by atoms with Crippen LogP contribution in [0.3, 0.4) is 0 Å². The van der Waals surface area contributed by atoms with Crippen molar-refractivity contribution in [1.29, 1.82) is 0 Å². The highest BCUT2D eigenvalue weighted by molar-refractivity contribution is 7.14. The molecule has 2 aliphatic rings. The van der Waals surface area contributed by atoms with E-state index in [2.05, 4.69) is 0 Å². The van der Waals surface area contributed by atoms with E-state index in [0.29, 0.717) is 26.3 Å². The van der Waals surface area contributed by atoms with Gasteiger partial charge in [-0.25, -0.2) is 0 Å². The minimum Gasteiger partial charge on any atom is -0.378 e. The van der Waals surface area contributed by atoms with Crippen molar-refractivity contribution in [2.75, 3.05) is 26.3 Å². The first-order valence-corrected chi connectivity index (χ1v) is 8.13. The van der Waals surface area contributed by atoms with Crippen LogP contribution in [-0.4, -0.2) is 43.0 Å². The first-order valence-electron chi connectivity index (χ1n) is 7.31. The third kappa shape index (κ3) is 2.58. The van der Waals surface area contributed by atoms with Crippen LogP contribution in [-0.2, 0) is 9.53 Å². The van der Waals surface area contributed by atoms with Gasteiger partial charge < -0.3 is 15.4 Å². The summed E-state index contributed by atoms with van der Waals surface area (Å²) < 4.78 is 5.27. The van der Waals surface area contributed by atoms with Gasteiger partial charge >= 0.3 is 0 Å². The Balaban J connectivity index is 1.74. The van der Waals surface area contributed by atoms with Gasteiger partial charge in [0.05, 0.1) is 23.5 Å². The van der Waals surface area contributed by atoms with Crippen molar-refractivity contribution in [1.82, 2.24) is 4.90 Å². The molecule has 3 rings (SSSR count). The third-order valence-electron chi connectivity index (χ3n) is 4.67. The number of carbonyl (C=O) groups excluding carboxylic acids is 2. The average molecular weight is 308 g/mol. The lowest BCUT2D eigenvalue weighted by molar-refractivity contribution is -0.123. The topological polar surface area (TPSA) is 72.6 Å². The first kappa shape index (κ1) is 14.5. The van der Waals surface area contributed by atoms with E-state index in [1.54, 1.807) is 0 Å². The zero-order valence-electron chi connectivity index (χ0n) is 12.1. The largest absolute Gasteiger partial charge is 0.378 e. The molecule has 0 radical (unpaired) electrons. The molecule has 21 heavy (non-hydrogen) atoms. The Kier molecular flexibility index (Phi) is 3.75. The summed E-state index contributed by atoms with van der Waals surface area (Å²) in [5.74, 6) is -0.0682. The highest BCUT2D eigenvalue weighted by Gasteiger charge is 2.53. The molecule has 2 N–H and O–H groups in total. The second kappa shape index (κ2) is 5.42. The van der Waals surface area contributed by atoms with Gasteiger partial charge in [-0.2, -0.15) is 0 Å². The zero-order valence-corrected chi connectivity index (χ0v) is 12.9. The number of rotatable bonds is 4. The summed E-state index contributed by atoms with van der Waals surface area (Å²) in [4.78, 5) is 27.7. The number of amides is 2. The minimum absolute atomic E-state index is 0.0608. The minimum atomic E-state index is -0.385. The van der Waals surface area contributed by atoms with Gasteiger partial charge in [0.15, 0.2) is 0 Å². The second-order valence-electron chi connectivity index (χ2n) is 5.85. The smallest absolute Gasteiger partial charge is 0.264 e. The quantitative estimate of drug-likeness (QED) is 0.918. The lowest BCUT2D eigenvalue weighted by Gasteiger charge is -2.26. The van der Waals surface area contributed by atoms with Crippen molar-refractivity contribution in [2.45, 2.75) is 25.7 Å². The number of nitrogens with two attached hydrogens (primary N) is 1.